The Balaban J connectivity index is 1.55. The second-order valence-electron chi connectivity index (χ2n) is 10.5. The van der Waals surface area contributed by atoms with Crippen LogP contribution in [0.2, 0.25) is 0 Å². The van der Waals surface area contributed by atoms with Gasteiger partial charge >= 0.3 is 12.1 Å². The number of hydrogen-bond donors (Lipinski definition) is 2. The first-order chi connectivity index (χ1) is 15.9. The minimum absolute atomic E-state index is 0.0504. The summed E-state index contributed by atoms with van der Waals surface area (Å²) < 4.78 is 0. The van der Waals surface area contributed by atoms with Gasteiger partial charge in [-0.2, -0.15) is 5.06 Å². The van der Waals surface area contributed by atoms with Crippen molar-refractivity contribution in [3.8, 4) is 0 Å². The van der Waals surface area contributed by atoms with Crippen LogP contribution in [0.15, 0.2) is 30.3 Å². The topological polar surface area (TPSA) is 76.1 Å². The lowest BCUT2D eigenvalue weighted by Gasteiger charge is -2.41. The quantitative estimate of drug-likeness (QED) is 0.460. The molecule has 3 fully saturated rings. The molecule has 2 aliphatic carbocycles. The van der Waals surface area contributed by atoms with Gasteiger partial charge in [-0.3, -0.25) is 10.1 Å². The molecule has 3 aliphatic rings. The highest BCUT2D eigenvalue weighted by Gasteiger charge is 2.57. The summed E-state index contributed by atoms with van der Waals surface area (Å²) in [6, 6.07) is 9.73. The van der Waals surface area contributed by atoms with Gasteiger partial charge in [0.25, 0.3) is 0 Å². The molecule has 1 aromatic rings. The number of benzene rings is 1. The Morgan fingerprint density at radius 1 is 1.03 bits per heavy atom. The predicted octanol–water partition coefficient (Wildman–Crippen LogP) is 5.14. The maximum Gasteiger partial charge on any atom is 0.343 e. The predicted molar refractivity (Wildman–Crippen MR) is 128 cm³/mol. The van der Waals surface area contributed by atoms with E-state index in [4.69, 9.17) is 0 Å². The first-order valence-electron chi connectivity index (χ1n) is 12.8. The highest BCUT2D eigenvalue weighted by Crippen LogP contribution is 2.39. The van der Waals surface area contributed by atoms with Gasteiger partial charge in [0.15, 0.2) is 6.17 Å². The van der Waals surface area contributed by atoms with Crippen molar-refractivity contribution in [3.05, 3.63) is 35.9 Å². The minimum Gasteiger partial charge on any atom is -0.333 e. The van der Waals surface area contributed by atoms with Crippen LogP contribution in [0.5, 0.6) is 0 Å². The Morgan fingerprint density at radius 3 is 2.27 bits per heavy atom. The standard InChI is InChI=1S/C26H40N4O3/c1-26(2)23(30(33)24(31)27-21-14-8-4-9-15-21)29(22-16-10-5-11-17-22)25(32)28(26)19-18-20-12-6-3-7-13-20/h3,6-7,12-13,21-23,33H,4-5,8-11,14-19H2,1-2H3,(H,27,31)/t23-/m1/s1. The van der Waals surface area contributed by atoms with Gasteiger partial charge in [-0.1, -0.05) is 68.9 Å². The van der Waals surface area contributed by atoms with Gasteiger partial charge in [0.05, 0.1) is 5.54 Å². The molecule has 2 N–H and O–H groups in total. The van der Waals surface area contributed by atoms with Crippen molar-refractivity contribution < 1.29 is 14.8 Å². The molecule has 1 heterocycles. The first-order valence-corrected chi connectivity index (χ1v) is 12.8. The van der Waals surface area contributed by atoms with Crippen molar-refractivity contribution in [3.63, 3.8) is 0 Å². The summed E-state index contributed by atoms with van der Waals surface area (Å²) in [6.45, 7) is 4.49. The lowest BCUT2D eigenvalue weighted by molar-refractivity contribution is -0.141. The molecule has 4 amide bonds. The zero-order chi connectivity index (χ0) is 23.4. The first kappa shape index (κ1) is 23.9. The van der Waals surface area contributed by atoms with Crippen LogP contribution in [0, 0.1) is 0 Å². The SMILES string of the molecule is CC1(C)[C@@H](N(O)C(=O)NC2CCCCC2)N(C2CCCCC2)C(=O)N1CCc1ccccc1. The highest BCUT2D eigenvalue weighted by atomic mass is 16.5. The summed E-state index contributed by atoms with van der Waals surface area (Å²) >= 11 is 0. The third-order valence-corrected chi connectivity index (χ3v) is 7.85. The van der Waals surface area contributed by atoms with Crippen molar-refractivity contribution in [1.29, 1.82) is 0 Å². The summed E-state index contributed by atoms with van der Waals surface area (Å²) in [5.41, 5.74) is 0.451. The zero-order valence-electron chi connectivity index (χ0n) is 20.2. The Kier molecular flexibility index (Phi) is 7.47. The van der Waals surface area contributed by atoms with E-state index >= 15 is 0 Å². The summed E-state index contributed by atoms with van der Waals surface area (Å²) in [4.78, 5) is 30.5. The Morgan fingerprint density at radius 2 is 1.64 bits per heavy atom. The molecule has 7 heteroatoms. The summed E-state index contributed by atoms with van der Waals surface area (Å²) in [5, 5.41) is 15.1. The van der Waals surface area contributed by atoms with Gasteiger partial charge in [0.2, 0.25) is 0 Å². The number of hydroxylamine groups is 2. The van der Waals surface area contributed by atoms with Crippen LogP contribution in [-0.2, 0) is 6.42 Å². The van der Waals surface area contributed by atoms with Crippen LogP contribution in [-0.4, -0.2) is 62.5 Å². The van der Waals surface area contributed by atoms with E-state index in [2.05, 4.69) is 17.4 Å². The van der Waals surface area contributed by atoms with Gasteiger partial charge in [-0.25, -0.2) is 9.59 Å². The fourth-order valence-corrected chi connectivity index (χ4v) is 5.97. The smallest absolute Gasteiger partial charge is 0.333 e. The number of carbonyl (C=O) groups excluding carboxylic acids is 2. The molecule has 1 saturated heterocycles. The maximum absolute atomic E-state index is 13.8. The number of nitrogens with one attached hydrogen (secondary N) is 1. The average Bonchev–Trinajstić information content (AvgIpc) is 3.03. The lowest BCUT2D eigenvalue weighted by Crippen LogP contribution is -2.61. The fraction of sp³-hybridized carbons (Fsp3) is 0.692. The van der Waals surface area contributed by atoms with E-state index in [-0.39, 0.29) is 18.1 Å². The molecule has 0 radical (unpaired) electrons. The summed E-state index contributed by atoms with van der Waals surface area (Å²) in [6.07, 6.45) is 10.5. The molecule has 1 aromatic carbocycles. The number of rotatable bonds is 6. The van der Waals surface area contributed by atoms with Crippen molar-refractivity contribution >= 4 is 12.1 Å². The van der Waals surface area contributed by atoms with E-state index in [0.29, 0.717) is 6.54 Å². The molecular formula is C26H40N4O3. The van der Waals surface area contributed by atoms with Crippen molar-refractivity contribution in [1.82, 2.24) is 20.2 Å². The van der Waals surface area contributed by atoms with Crippen molar-refractivity contribution in [2.75, 3.05) is 6.54 Å². The third-order valence-electron chi connectivity index (χ3n) is 7.85. The third kappa shape index (κ3) is 5.13. The molecule has 182 valence electrons. The Hall–Kier alpha value is -2.28. The summed E-state index contributed by atoms with van der Waals surface area (Å²) in [7, 11) is 0. The van der Waals surface area contributed by atoms with E-state index < -0.39 is 17.7 Å². The number of amides is 4. The lowest BCUT2D eigenvalue weighted by atomic mass is 9.92. The molecule has 0 aromatic heterocycles. The second kappa shape index (κ2) is 10.3. The van der Waals surface area contributed by atoms with Gasteiger partial charge < -0.3 is 10.2 Å². The molecule has 0 spiro atoms. The molecule has 4 rings (SSSR count). The molecule has 33 heavy (non-hydrogen) atoms. The maximum atomic E-state index is 13.8. The molecule has 0 bridgehead atoms. The van der Waals surface area contributed by atoms with E-state index in [1.165, 1.54) is 18.4 Å². The Labute approximate surface area is 198 Å². The van der Waals surface area contributed by atoms with Crippen LogP contribution in [0.25, 0.3) is 0 Å². The van der Waals surface area contributed by atoms with Crippen molar-refractivity contribution in [2.24, 2.45) is 0 Å². The second-order valence-corrected chi connectivity index (χ2v) is 10.5. The normalized spacial score (nSPS) is 24.2. The minimum atomic E-state index is -0.720. The molecule has 7 nitrogen and oxygen atoms in total. The zero-order valence-corrected chi connectivity index (χ0v) is 20.2. The van der Waals surface area contributed by atoms with E-state index in [1.54, 1.807) is 0 Å². The Bertz CT molecular complexity index is 803. The number of nitrogens with zero attached hydrogens (tertiary/aromatic N) is 3. The van der Waals surface area contributed by atoms with Crippen LogP contribution < -0.4 is 5.32 Å². The van der Waals surface area contributed by atoms with E-state index in [0.717, 1.165) is 62.9 Å². The molecular weight excluding hydrogens is 416 g/mol. The van der Waals surface area contributed by atoms with Crippen molar-refractivity contribution in [2.45, 2.75) is 108 Å². The van der Waals surface area contributed by atoms with Crippen LogP contribution in [0.3, 0.4) is 0 Å². The monoisotopic (exact) mass is 456 g/mol. The molecule has 1 aliphatic heterocycles. The highest BCUT2D eigenvalue weighted by molar-refractivity contribution is 5.81. The van der Waals surface area contributed by atoms with E-state index in [1.807, 2.05) is 41.8 Å². The van der Waals surface area contributed by atoms with Crippen LogP contribution >= 0.6 is 0 Å². The molecule has 0 unspecified atom stereocenters. The number of carbonyl (C=O) groups is 2. The van der Waals surface area contributed by atoms with Crippen LogP contribution in [0.4, 0.5) is 9.59 Å². The largest absolute Gasteiger partial charge is 0.343 e. The van der Waals surface area contributed by atoms with Gasteiger partial charge in [-0.05, 0) is 51.5 Å². The summed E-state index contributed by atoms with van der Waals surface area (Å²) in [5.74, 6) is 0. The van der Waals surface area contributed by atoms with E-state index in [9.17, 15) is 14.8 Å². The van der Waals surface area contributed by atoms with Crippen LogP contribution in [0.1, 0.15) is 83.6 Å². The van der Waals surface area contributed by atoms with Gasteiger partial charge in [0.1, 0.15) is 0 Å². The molecule has 2 saturated carbocycles. The fourth-order valence-electron chi connectivity index (χ4n) is 5.97. The average molecular weight is 457 g/mol. The van der Waals surface area contributed by atoms with Gasteiger partial charge in [-0.15, -0.1) is 0 Å². The number of hydrogen-bond acceptors (Lipinski definition) is 3. The number of urea groups is 2. The van der Waals surface area contributed by atoms with Gasteiger partial charge in [0, 0.05) is 18.6 Å². The molecule has 1 atom stereocenters.